The molecule has 10 heteroatoms. The Morgan fingerprint density at radius 2 is 1.93 bits per heavy atom. The van der Waals surface area contributed by atoms with E-state index in [4.69, 9.17) is 14.9 Å². The Hall–Kier alpha value is -3.00. The summed E-state index contributed by atoms with van der Waals surface area (Å²) in [5.41, 5.74) is 5.79. The second-order valence-corrected chi connectivity index (χ2v) is 7.54. The van der Waals surface area contributed by atoms with E-state index in [1.165, 1.54) is 36.4 Å². The molecule has 0 saturated heterocycles. The third-order valence-corrected chi connectivity index (χ3v) is 4.81. The summed E-state index contributed by atoms with van der Waals surface area (Å²) in [5.74, 6) is -1.27. The maximum atomic E-state index is 12.4. The molecule has 1 heterocycles. The van der Waals surface area contributed by atoms with Crippen molar-refractivity contribution < 1.29 is 33.3 Å². The molecule has 0 spiro atoms. The largest absolute Gasteiger partial charge is 0.504 e. The molecule has 1 unspecified atom stereocenters. The molecule has 3 aromatic rings. The number of benzene rings is 2. The van der Waals surface area contributed by atoms with E-state index in [0.29, 0.717) is 5.69 Å². The van der Waals surface area contributed by atoms with Gasteiger partial charge >= 0.3 is 7.60 Å². The van der Waals surface area contributed by atoms with Crippen LogP contribution in [0.25, 0.3) is 22.3 Å². The summed E-state index contributed by atoms with van der Waals surface area (Å²) in [6.45, 7) is 0. The van der Waals surface area contributed by atoms with Crippen LogP contribution in [0, 0.1) is 0 Å². The number of ether oxygens (including phenoxy) is 1. The third kappa shape index (κ3) is 3.75. The van der Waals surface area contributed by atoms with Crippen LogP contribution < -0.4 is 15.9 Å². The molecule has 0 aliphatic carbocycles. The highest BCUT2D eigenvalue weighted by atomic mass is 31.2. The van der Waals surface area contributed by atoms with Gasteiger partial charge in [0.15, 0.2) is 23.6 Å². The van der Waals surface area contributed by atoms with Crippen molar-refractivity contribution in [2.24, 2.45) is 0 Å². The lowest BCUT2D eigenvalue weighted by Crippen LogP contribution is -2.03. The molecule has 0 bridgehead atoms. The van der Waals surface area contributed by atoms with Crippen molar-refractivity contribution in [2.45, 2.75) is 0 Å². The van der Waals surface area contributed by atoms with Gasteiger partial charge in [-0.15, -0.1) is 0 Å². The van der Waals surface area contributed by atoms with Gasteiger partial charge in [-0.2, -0.15) is 0 Å². The average Bonchev–Trinajstić information content (AvgIpc) is 2.64. The summed E-state index contributed by atoms with van der Waals surface area (Å²) >= 11 is 0. The molecule has 1 atom stereocenters. The minimum absolute atomic E-state index is 0.155. The van der Waals surface area contributed by atoms with Crippen LogP contribution in [-0.2, 0) is 9.09 Å². The molecule has 0 aliphatic heterocycles. The van der Waals surface area contributed by atoms with Gasteiger partial charge in [0.2, 0.25) is 11.2 Å². The van der Waals surface area contributed by atoms with Crippen molar-refractivity contribution in [3.05, 3.63) is 46.6 Å². The fraction of sp³-hybridized carbons (Fsp3) is 0.118. The zero-order valence-corrected chi connectivity index (χ0v) is 15.0. The SMILES string of the molecule is COP(=O)(O)COc1cc(-c2oc3cc(N)ccc3c(=O)c2O)ccc1O. The van der Waals surface area contributed by atoms with Crippen LogP contribution in [-0.4, -0.2) is 28.6 Å². The van der Waals surface area contributed by atoms with E-state index in [1.54, 1.807) is 0 Å². The number of hydrogen-bond acceptors (Lipinski definition) is 8. The summed E-state index contributed by atoms with van der Waals surface area (Å²) in [6, 6.07) is 8.25. The zero-order chi connectivity index (χ0) is 19.8. The molecule has 2 aromatic carbocycles. The number of rotatable bonds is 5. The van der Waals surface area contributed by atoms with Gasteiger partial charge in [0, 0.05) is 24.4 Å². The monoisotopic (exact) mass is 393 g/mol. The maximum absolute atomic E-state index is 12.4. The second kappa shape index (κ2) is 6.96. The molecule has 5 N–H and O–H groups in total. The molecule has 0 saturated carbocycles. The molecule has 142 valence electrons. The van der Waals surface area contributed by atoms with Crippen molar-refractivity contribution in [2.75, 3.05) is 19.2 Å². The first-order chi connectivity index (χ1) is 12.7. The molecular formula is C17H16NO8P. The van der Waals surface area contributed by atoms with Crippen LogP contribution in [0.1, 0.15) is 0 Å². The number of phenols is 1. The van der Waals surface area contributed by atoms with E-state index in [9.17, 15) is 24.5 Å². The van der Waals surface area contributed by atoms with Crippen molar-refractivity contribution in [1.29, 1.82) is 0 Å². The van der Waals surface area contributed by atoms with Crippen molar-refractivity contribution in [3.63, 3.8) is 0 Å². The zero-order valence-electron chi connectivity index (χ0n) is 14.1. The lowest BCUT2D eigenvalue weighted by atomic mass is 10.1. The quantitative estimate of drug-likeness (QED) is 0.378. The first-order valence-corrected chi connectivity index (χ1v) is 9.37. The van der Waals surface area contributed by atoms with Crippen LogP contribution in [0.4, 0.5) is 5.69 Å². The number of aromatic hydroxyl groups is 2. The van der Waals surface area contributed by atoms with E-state index in [2.05, 4.69) is 4.52 Å². The predicted molar refractivity (Wildman–Crippen MR) is 98.0 cm³/mol. The van der Waals surface area contributed by atoms with Crippen molar-refractivity contribution >= 4 is 24.3 Å². The molecule has 0 amide bonds. The van der Waals surface area contributed by atoms with Gasteiger partial charge in [0.25, 0.3) is 0 Å². The molecule has 0 aliphatic rings. The normalized spacial score (nSPS) is 13.4. The first-order valence-electron chi connectivity index (χ1n) is 7.61. The van der Waals surface area contributed by atoms with Gasteiger partial charge in [0.1, 0.15) is 5.58 Å². The van der Waals surface area contributed by atoms with E-state index >= 15 is 0 Å². The van der Waals surface area contributed by atoms with E-state index < -0.39 is 25.1 Å². The average molecular weight is 393 g/mol. The number of nitrogen functional groups attached to an aromatic ring is 1. The van der Waals surface area contributed by atoms with E-state index in [-0.39, 0.29) is 33.8 Å². The maximum Gasteiger partial charge on any atom is 0.364 e. The van der Waals surface area contributed by atoms with Crippen LogP contribution in [0.15, 0.2) is 45.6 Å². The molecule has 3 rings (SSSR count). The molecular weight excluding hydrogens is 377 g/mol. The van der Waals surface area contributed by atoms with Gasteiger partial charge < -0.3 is 34.5 Å². The summed E-state index contributed by atoms with van der Waals surface area (Å²) < 4.78 is 26.6. The highest BCUT2D eigenvalue weighted by Gasteiger charge is 2.21. The fourth-order valence-electron chi connectivity index (χ4n) is 2.37. The third-order valence-electron chi connectivity index (χ3n) is 3.78. The van der Waals surface area contributed by atoms with Crippen LogP contribution in [0.5, 0.6) is 17.2 Å². The van der Waals surface area contributed by atoms with E-state index in [0.717, 1.165) is 7.11 Å². The minimum Gasteiger partial charge on any atom is -0.504 e. The van der Waals surface area contributed by atoms with Gasteiger partial charge in [0.05, 0.1) is 5.39 Å². The number of phenolic OH excluding ortho intramolecular Hbond substituents is 1. The Bertz CT molecular complexity index is 1120. The number of fused-ring (bicyclic) bond motifs is 1. The molecule has 0 radical (unpaired) electrons. The number of anilines is 1. The molecule has 1 aromatic heterocycles. The Labute approximate surface area is 152 Å². The molecule has 0 fully saturated rings. The lowest BCUT2D eigenvalue weighted by molar-refractivity contribution is 0.264. The summed E-state index contributed by atoms with van der Waals surface area (Å²) in [5, 5.41) is 20.3. The topological polar surface area (TPSA) is 152 Å². The van der Waals surface area contributed by atoms with Gasteiger partial charge in [-0.3, -0.25) is 9.36 Å². The molecule has 9 nitrogen and oxygen atoms in total. The standard InChI is InChI=1S/C17H16NO8P/c1-24-27(22,23)8-25-14-6-9(2-5-12(14)19)17-16(21)15(20)11-4-3-10(18)7-13(11)26-17/h2-7,19,21H,8,18H2,1H3,(H,22,23). The van der Waals surface area contributed by atoms with Crippen LogP contribution in [0.3, 0.4) is 0 Å². The summed E-state index contributed by atoms with van der Waals surface area (Å²) in [4.78, 5) is 21.8. The second-order valence-electron chi connectivity index (χ2n) is 5.64. The van der Waals surface area contributed by atoms with Gasteiger partial charge in [-0.1, -0.05) is 0 Å². The Kier molecular flexibility index (Phi) is 4.84. The first kappa shape index (κ1) is 18.8. The Balaban J connectivity index is 2.09. The summed E-state index contributed by atoms with van der Waals surface area (Å²) in [6.07, 6.45) is -0.704. The smallest absolute Gasteiger partial charge is 0.364 e. The number of nitrogens with two attached hydrogens (primary N) is 1. The molecule has 27 heavy (non-hydrogen) atoms. The fourth-order valence-corrected chi connectivity index (χ4v) is 2.78. The highest BCUT2D eigenvalue weighted by molar-refractivity contribution is 7.52. The van der Waals surface area contributed by atoms with Crippen LogP contribution in [0.2, 0.25) is 0 Å². The van der Waals surface area contributed by atoms with Crippen molar-refractivity contribution in [3.8, 4) is 28.6 Å². The Morgan fingerprint density at radius 1 is 1.19 bits per heavy atom. The number of hydrogen-bond donors (Lipinski definition) is 4. The summed E-state index contributed by atoms with van der Waals surface area (Å²) in [7, 11) is -2.92. The highest BCUT2D eigenvalue weighted by Crippen LogP contribution is 2.43. The van der Waals surface area contributed by atoms with Crippen LogP contribution >= 0.6 is 7.60 Å². The lowest BCUT2D eigenvalue weighted by Gasteiger charge is -2.13. The Morgan fingerprint density at radius 3 is 2.63 bits per heavy atom. The van der Waals surface area contributed by atoms with E-state index in [1.807, 2.05) is 0 Å². The predicted octanol–water partition coefficient (Wildman–Crippen LogP) is 2.62. The van der Waals surface area contributed by atoms with Gasteiger partial charge in [-0.05, 0) is 30.3 Å². The van der Waals surface area contributed by atoms with Gasteiger partial charge in [-0.25, -0.2) is 0 Å². The minimum atomic E-state index is -3.97. The van der Waals surface area contributed by atoms with Crippen molar-refractivity contribution in [1.82, 2.24) is 0 Å².